The Kier molecular flexibility index (Phi) is 5.25. The summed E-state index contributed by atoms with van der Waals surface area (Å²) in [5.74, 6) is -0.535. The fourth-order valence-electron chi connectivity index (χ4n) is 1.54. The number of aromatic nitrogens is 1. The lowest BCUT2D eigenvalue weighted by molar-refractivity contribution is -0.154. The first-order chi connectivity index (χ1) is 10.3. The molecule has 22 heavy (non-hydrogen) atoms. The molecule has 2 rings (SSSR count). The van der Waals surface area contributed by atoms with Crippen LogP contribution in [0.3, 0.4) is 0 Å². The van der Waals surface area contributed by atoms with E-state index < -0.39 is 12.8 Å². The van der Waals surface area contributed by atoms with Crippen LogP contribution in [-0.2, 0) is 6.54 Å². The molecule has 0 bridgehead atoms. The van der Waals surface area contributed by atoms with Gasteiger partial charge in [-0.2, -0.15) is 13.2 Å². The number of thiophene rings is 1. The first kappa shape index (κ1) is 16.6. The van der Waals surface area contributed by atoms with Crippen LogP contribution < -0.4 is 10.1 Å². The second-order valence-electron chi connectivity index (χ2n) is 4.16. The zero-order valence-electron chi connectivity index (χ0n) is 11.0. The standard InChI is InChI=1S/C13H10ClF3N2O2S/c14-10-4-3-9(22-10)11(20)19-6-8-2-1-5-18-12(8)21-7-13(15,16)17/h1-5H,6-7H2,(H,19,20). The number of nitrogens with zero attached hydrogens (tertiary/aromatic N) is 1. The van der Waals surface area contributed by atoms with Gasteiger partial charge < -0.3 is 10.1 Å². The van der Waals surface area contributed by atoms with Crippen LogP contribution in [-0.4, -0.2) is 23.7 Å². The quantitative estimate of drug-likeness (QED) is 0.895. The van der Waals surface area contributed by atoms with Gasteiger partial charge in [-0.15, -0.1) is 11.3 Å². The van der Waals surface area contributed by atoms with Crippen LogP contribution in [0.25, 0.3) is 0 Å². The fraction of sp³-hybridized carbons (Fsp3) is 0.231. The lowest BCUT2D eigenvalue weighted by Crippen LogP contribution is -2.24. The molecule has 4 nitrogen and oxygen atoms in total. The maximum absolute atomic E-state index is 12.2. The monoisotopic (exact) mass is 350 g/mol. The minimum absolute atomic E-state index is 0.00458. The number of nitrogens with one attached hydrogen (secondary N) is 1. The van der Waals surface area contributed by atoms with Crippen molar-refractivity contribution in [2.24, 2.45) is 0 Å². The molecule has 0 spiro atoms. The summed E-state index contributed by atoms with van der Waals surface area (Å²) in [6, 6.07) is 6.22. The number of alkyl halides is 3. The van der Waals surface area contributed by atoms with Crippen LogP contribution in [0.4, 0.5) is 13.2 Å². The molecule has 118 valence electrons. The number of ether oxygens (including phenoxy) is 1. The normalized spacial score (nSPS) is 11.3. The van der Waals surface area contributed by atoms with Gasteiger partial charge in [0.2, 0.25) is 5.88 Å². The number of amides is 1. The van der Waals surface area contributed by atoms with E-state index in [0.29, 0.717) is 14.8 Å². The Morgan fingerprint density at radius 1 is 1.36 bits per heavy atom. The largest absolute Gasteiger partial charge is 0.468 e. The molecular weight excluding hydrogens is 341 g/mol. The number of carbonyl (C=O) groups excluding carboxylic acids is 1. The van der Waals surface area contributed by atoms with E-state index in [4.69, 9.17) is 11.6 Å². The van der Waals surface area contributed by atoms with Crippen molar-refractivity contribution < 1.29 is 22.7 Å². The molecule has 0 radical (unpaired) electrons. The second-order valence-corrected chi connectivity index (χ2v) is 5.87. The van der Waals surface area contributed by atoms with E-state index in [1.807, 2.05) is 0 Å². The van der Waals surface area contributed by atoms with Crippen molar-refractivity contribution in [2.45, 2.75) is 12.7 Å². The maximum Gasteiger partial charge on any atom is 0.422 e. The number of rotatable bonds is 5. The second kappa shape index (κ2) is 6.97. The van der Waals surface area contributed by atoms with Crippen molar-refractivity contribution in [3.8, 4) is 5.88 Å². The summed E-state index contributed by atoms with van der Waals surface area (Å²) in [5, 5.41) is 2.58. The van der Waals surface area contributed by atoms with E-state index in [1.165, 1.54) is 12.3 Å². The molecule has 9 heteroatoms. The molecule has 0 saturated carbocycles. The predicted octanol–water partition coefficient (Wildman–Crippen LogP) is 3.67. The summed E-state index contributed by atoms with van der Waals surface area (Å²) in [6.45, 7) is -1.44. The molecule has 1 N–H and O–H groups in total. The minimum Gasteiger partial charge on any atom is -0.468 e. The van der Waals surface area contributed by atoms with Gasteiger partial charge in [0.1, 0.15) is 0 Å². The topological polar surface area (TPSA) is 51.2 Å². The lowest BCUT2D eigenvalue weighted by atomic mass is 10.2. The van der Waals surface area contributed by atoms with E-state index in [1.54, 1.807) is 18.2 Å². The van der Waals surface area contributed by atoms with E-state index >= 15 is 0 Å². The summed E-state index contributed by atoms with van der Waals surface area (Å²) in [4.78, 5) is 16.0. The summed E-state index contributed by atoms with van der Waals surface area (Å²) in [6.07, 6.45) is -3.14. The zero-order valence-corrected chi connectivity index (χ0v) is 12.6. The summed E-state index contributed by atoms with van der Waals surface area (Å²) >= 11 is 6.84. The van der Waals surface area contributed by atoms with E-state index in [2.05, 4.69) is 15.0 Å². The zero-order chi connectivity index (χ0) is 16.2. The molecule has 2 heterocycles. The van der Waals surface area contributed by atoms with Crippen LogP contribution in [0.2, 0.25) is 4.34 Å². The Labute approximate surface area is 132 Å². The van der Waals surface area contributed by atoms with Gasteiger partial charge in [-0.25, -0.2) is 4.98 Å². The van der Waals surface area contributed by atoms with Crippen molar-refractivity contribution in [1.82, 2.24) is 10.3 Å². The molecule has 0 aromatic carbocycles. The molecule has 0 aliphatic carbocycles. The van der Waals surface area contributed by atoms with Gasteiger partial charge in [-0.3, -0.25) is 4.79 Å². The molecule has 0 aliphatic heterocycles. The highest BCUT2D eigenvalue weighted by atomic mass is 35.5. The maximum atomic E-state index is 12.2. The number of halogens is 4. The van der Waals surface area contributed by atoms with Crippen molar-refractivity contribution in [2.75, 3.05) is 6.61 Å². The third kappa shape index (κ3) is 4.88. The van der Waals surface area contributed by atoms with E-state index in [0.717, 1.165) is 11.3 Å². The average molecular weight is 351 g/mol. The van der Waals surface area contributed by atoms with Gasteiger partial charge in [0.15, 0.2) is 6.61 Å². The summed E-state index contributed by atoms with van der Waals surface area (Å²) in [5.41, 5.74) is 0.350. The fourth-order valence-corrected chi connectivity index (χ4v) is 2.50. The Balaban J connectivity index is 1.99. The lowest BCUT2D eigenvalue weighted by Gasteiger charge is -2.12. The van der Waals surface area contributed by atoms with Crippen molar-refractivity contribution >= 4 is 28.8 Å². The molecule has 1 amide bonds. The Hall–Kier alpha value is -1.80. The molecule has 0 atom stereocenters. The number of hydrogen-bond donors (Lipinski definition) is 1. The van der Waals surface area contributed by atoms with Crippen molar-refractivity contribution in [3.05, 3.63) is 45.2 Å². The molecule has 0 unspecified atom stereocenters. The van der Waals surface area contributed by atoms with Gasteiger partial charge in [-0.05, 0) is 18.2 Å². The van der Waals surface area contributed by atoms with Crippen LogP contribution >= 0.6 is 22.9 Å². The summed E-state index contributed by atoms with van der Waals surface area (Å²) < 4.78 is 41.6. The predicted molar refractivity (Wildman–Crippen MR) is 76.3 cm³/mol. The highest BCUT2D eigenvalue weighted by Gasteiger charge is 2.29. The Morgan fingerprint density at radius 2 is 2.14 bits per heavy atom. The third-order valence-electron chi connectivity index (χ3n) is 2.46. The van der Waals surface area contributed by atoms with E-state index in [-0.39, 0.29) is 18.3 Å². The van der Waals surface area contributed by atoms with Gasteiger partial charge in [0, 0.05) is 18.3 Å². The first-order valence-corrected chi connectivity index (χ1v) is 7.21. The van der Waals surface area contributed by atoms with Crippen LogP contribution in [0.15, 0.2) is 30.5 Å². The molecule has 0 aliphatic rings. The van der Waals surface area contributed by atoms with Crippen LogP contribution in [0.1, 0.15) is 15.2 Å². The third-order valence-corrected chi connectivity index (χ3v) is 3.69. The van der Waals surface area contributed by atoms with Crippen LogP contribution in [0, 0.1) is 0 Å². The highest BCUT2D eigenvalue weighted by Crippen LogP contribution is 2.22. The van der Waals surface area contributed by atoms with Gasteiger partial charge in [-0.1, -0.05) is 17.7 Å². The smallest absolute Gasteiger partial charge is 0.422 e. The highest BCUT2D eigenvalue weighted by molar-refractivity contribution is 7.17. The van der Waals surface area contributed by atoms with Gasteiger partial charge >= 0.3 is 6.18 Å². The molecule has 2 aromatic heterocycles. The molecule has 2 aromatic rings. The van der Waals surface area contributed by atoms with Crippen LogP contribution in [0.5, 0.6) is 5.88 Å². The van der Waals surface area contributed by atoms with E-state index in [9.17, 15) is 18.0 Å². The Morgan fingerprint density at radius 3 is 2.77 bits per heavy atom. The minimum atomic E-state index is -4.45. The SMILES string of the molecule is O=C(NCc1cccnc1OCC(F)(F)F)c1ccc(Cl)s1. The average Bonchev–Trinajstić information content (AvgIpc) is 2.89. The number of carbonyl (C=O) groups is 1. The van der Waals surface area contributed by atoms with Gasteiger partial charge in [0.05, 0.1) is 9.21 Å². The number of pyridine rings is 1. The first-order valence-electron chi connectivity index (χ1n) is 6.02. The summed E-state index contributed by atoms with van der Waals surface area (Å²) in [7, 11) is 0. The molecular formula is C13H10ClF3N2O2S. The Bertz CT molecular complexity index is 661. The number of hydrogen-bond acceptors (Lipinski definition) is 4. The van der Waals surface area contributed by atoms with Gasteiger partial charge in [0.25, 0.3) is 5.91 Å². The van der Waals surface area contributed by atoms with Crippen molar-refractivity contribution in [1.29, 1.82) is 0 Å². The van der Waals surface area contributed by atoms with Crippen molar-refractivity contribution in [3.63, 3.8) is 0 Å². The molecule has 0 fully saturated rings. The molecule has 0 saturated heterocycles.